The number of hydrogen-bond donors (Lipinski definition) is 1. The van der Waals surface area contributed by atoms with Crippen molar-refractivity contribution in [2.24, 2.45) is 0 Å². The summed E-state index contributed by atoms with van der Waals surface area (Å²) in [5, 5.41) is 3.25. The highest BCUT2D eigenvalue weighted by molar-refractivity contribution is 5.85. The summed E-state index contributed by atoms with van der Waals surface area (Å²) in [6.45, 7) is 9.18. The van der Waals surface area contributed by atoms with Gasteiger partial charge in [0.05, 0.1) is 32.5 Å². The molecule has 2 atom stereocenters. The number of hydrogen-bond acceptors (Lipinski definition) is 6. The van der Waals surface area contributed by atoms with Crippen molar-refractivity contribution >= 4 is 36.6 Å². The number of carbonyl (C=O) groups is 2. The fraction of sp³-hybridized carbons (Fsp3) is 0.875. The van der Waals surface area contributed by atoms with E-state index in [2.05, 4.69) is 10.2 Å². The molecule has 1 N–H and O–H groups in total. The lowest BCUT2D eigenvalue weighted by molar-refractivity contribution is -0.142. The van der Waals surface area contributed by atoms with Gasteiger partial charge in [0.25, 0.3) is 0 Å². The molecule has 26 heavy (non-hydrogen) atoms. The quantitative estimate of drug-likeness (QED) is 0.654. The van der Waals surface area contributed by atoms with Gasteiger partial charge in [-0.05, 0) is 6.92 Å². The average molecular weight is 413 g/mol. The van der Waals surface area contributed by atoms with Crippen molar-refractivity contribution in [3.05, 3.63) is 0 Å². The van der Waals surface area contributed by atoms with Crippen LogP contribution in [-0.4, -0.2) is 111 Å². The third kappa shape index (κ3) is 5.94. The molecule has 3 aliphatic rings. The van der Waals surface area contributed by atoms with E-state index in [-0.39, 0.29) is 48.8 Å². The lowest BCUT2D eigenvalue weighted by atomic mass is 10.1. The van der Waals surface area contributed by atoms with Gasteiger partial charge < -0.3 is 24.6 Å². The third-order valence-electron chi connectivity index (χ3n) is 4.99. The zero-order valence-corrected chi connectivity index (χ0v) is 16.9. The zero-order valence-electron chi connectivity index (χ0n) is 15.2. The number of piperazine rings is 1. The fourth-order valence-electron chi connectivity index (χ4n) is 3.44. The van der Waals surface area contributed by atoms with Crippen molar-refractivity contribution in [2.45, 2.75) is 19.1 Å². The molecular formula is C16H30Cl2N4O4. The highest BCUT2D eigenvalue weighted by Crippen LogP contribution is 2.11. The van der Waals surface area contributed by atoms with E-state index in [0.717, 1.165) is 19.6 Å². The summed E-state index contributed by atoms with van der Waals surface area (Å²) in [6, 6.07) is -0.250. The summed E-state index contributed by atoms with van der Waals surface area (Å²) in [5.41, 5.74) is 0. The Bertz CT molecular complexity index is 458. The molecule has 0 aromatic heterocycles. The minimum absolute atomic E-state index is 0. The van der Waals surface area contributed by atoms with Crippen LogP contribution in [-0.2, 0) is 19.1 Å². The van der Waals surface area contributed by atoms with Gasteiger partial charge in [0.1, 0.15) is 6.04 Å². The molecule has 0 aromatic carbocycles. The van der Waals surface area contributed by atoms with Crippen molar-refractivity contribution in [3.63, 3.8) is 0 Å². The summed E-state index contributed by atoms with van der Waals surface area (Å²) in [4.78, 5) is 30.8. The minimum Gasteiger partial charge on any atom is -0.378 e. The zero-order chi connectivity index (χ0) is 16.9. The van der Waals surface area contributed by atoms with Crippen molar-refractivity contribution in [2.75, 3.05) is 72.2 Å². The van der Waals surface area contributed by atoms with Gasteiger partial charge in [0, 0.05) is 45.8 Å². The molecular weight excluding hydrogens is 383 g/mol. The average Bonchev–Trinajstić information content (AvgIpc) is 2.63. The molecule has 3 rings (SSSR count). The van der Waals surface area contributed by atoms with Gasteiger partial charge in [-0.25, -0.2) is 0 Å². The molecule has 3 aliphatic heterocycles. The highest BCUT2D eigenvalue weighted by Gasteiger charge is 2.33. The maximum Gasteiger partial charge on any atom is 0.242 e. The molecule has 0 spiro atoms. The molecule has 2 amide bonds. The predicted octanol–water partition coefficient (Wildman–Crippen LogP) is -0.790. The Balaban J connectivity index is 0.00000169. The maximum absolute atomic E-state index is 12.6. The van der Waals surface area contributed by atoms with E-state index >= 15 is 0 Å². The normalized spacial score (nSPS) is 27.3. The number of nitrogens with one attached hydrogen (secondary N) is 1. The Morgan fingerprint density at radius 1 is 0.962 bits per heavy atom. The summed E-state index contributed by atoms with van der Waals surface area (Å²) < 4.78 is 10.8. The van der Waals surface area contributed by atoms with E-state index in [1.165, 1.54) is 0 Å². The van der Waals surface area contributed by atoms with Crippen LogP contribution in [0.5, 0.6) is 0 Å². The van der Waals surface area contributed by atoms with E-state index in [1.807, 2.05) is 16.7 Å². The second kappa shape index (κ2) is 11.3. The van der Waals surface area contributed by atoms with Crippen LogP contribution in [0, 0.1) is 0 Å². The van der Waals surface area contributed by atoms with E-state index < -0.39 is 0 Å². The van der Waals surface area contributed by atoms with Crippen LogP contribution in [0.4, 0.5) is 0 Å². The molecule has 3 saturated heterocycles. The van der Waals surface area contributed by atoms with E-state index in [9.17, 15) is 9.59 Å². The molecule has 0 aromatic rings. The number of morpholine rings is 2. The minimum atomic E-state index is -0.250. The first-order valence-electron chi connectivity index (χ1n) is 8.87. The number of nitrogens with zero attached hydrogens (tertiary/aromatic N) is 3. The van der Waals surface area contributed by atoms with Crippen LogP contribution in [0.15, 0.2) is 0 Å². The summed E-state index contributed by atoms with van der Waals surface area (Å²) in [5.74, 6) is 0.274. The first-order valence-corrected chi connectivity index (χ1v) is 8.87. The van der Waals surface area contributed by atoms with Gasteiger partial charge in [-0.15, -0.1) is 24.8 Å². The molecule has 0 saturated carbocycles. The molecule has 3 fully saturated rings. The van der Waals surface area contributed by atoms with Crippen LogP contribution in [0.2, 0.25) is 0 Å². The van der Waals surface area contributed by atoms with Gasteiger partial charge in [0.15, 0.2) is 0 Å². The van der Waals surface area contributed by atoms with E-state index in [4.69, 9.17) is 9.47 Å². The Labute approximate surface area is 167 Å². The number of amides is 2. The third-order valence-corrected chi connectivity index (χ3v) is 4.99. The van der Waals surface area contributed by atoms with Crippen LogP contribution >= 0.6 is 24.8 Å². The van der Waals surface area contributed by atoms with Crippen LogP contribution < -0.4 is 5.32 Å². The first kappa shape index (κ1) is 23.4. The molecule has 8 nitrogen and oxygen atoms in total. The number of rotatable bonds is 3. The lowest BCUT2D eigenvalue weighted by Gasteiger charge is -2.39. The largest absolute Gasteiger partial charge is 0.378 e. The van der Waals surface area contributed by atoms with Crippen molar-refractivity contribution in [3.8, 4) is 0 Å². The van der Waals surface area contributed by atoms with Crippen molar-refractivity contribution in [1.82, 2.24) is 20.0 Å². The molecule has 0 radical (unpaired) electrons. The van der Waals surface area contributed by atoms with E-state index in [1.54, 1.807) is 0 Å². The Morgan fingerprint density at radius 2 is 1.62 bits per heavy atom. The topological polar surface area (TPSA) is 74.4 Å². The van der Waals surface area contributed by atoms with Crippen molar-refractivity contribution in [1.29, 1.82) is 0 Å². The molecule has 152 valence electrons. The maximum atomic E-state index is 12.6. The van der Waals surface area contributed by atoms with Crippen LogP contribution in [0.3, 0.4) is 0 Å². The van der Waals surface area contributed by atoms with Gasteiger partial charge in [-0.2, -0.15) is 0 Å². The lowest BCUT2D eigenvalue weighted by Crippen LogP contribution is -2.60. The molecule has 0 unspecified atom stereocenters. The Kier molecular flexibility index (Phi) is 10.1. The molecule has 3 heterocycles. The summed E-state index contributed by atoms with van der Waals surface area (Å²) >= 11 is 0. The van der Waals surface area contributed by atoms with Crippen molar-refractivity contribution < 1.29 is 19.1 Å². The highest BCUT2D eigenvalue weighted by atomic mass is 35.5. The van der Waals surface area contributed by atoms with E-state index in [0.29, 0.717) is 52.5 Å². The van der Waals surface area contributed by atoms with Gasteiger partial charge in [-0.3, -0.25) is 14.5 Å². The SMILES string of the molecule is C[C@H]1OCCN[C@@H]1C(=O)N1CCN(CC(=O)N2CCOCC2)CC1.Cl.Cl. The Morgan fingerprint density at radius 3 is 2.23 bits per heavy atom. The predicted molar refractivity (Wildman–Crippen MR) is 102 cm³/mol. The van der Waals surface area contributed by atoms with Gasteiger partial charge in [0.2, 0.25) is 11.8 Å². The summed E-state index contributed by atoms with van der Waals surface area (Å²) in [7, 11) is 0. The monoisotopic (exact) mass is 412 g/mol. The summed E-state index contributed by atoms with van der Waals surface area (Å²) in [6.07, 6.45) is -0.0906. The molecule has 0 bridgehead atoms. The molecule has 0 aliphatic carbocycles. The van der Waals surface area contributed by atoms with Crippen LogP contribution in [0.1, 0.15) is 6.92 Å². The van der Waals surface area contributed by atoms with Gasteiger partial charge >= 0.3 is 0 Å². The Hall–Kier alpha value is -0.640. The second-order valence-electron chi connectivity index (χ2n) is 6.60. The molecule has 10 heteroatoms. The fourth-order valence-corrected chi connectivity index (χ4v) is 3.44. The van der Waals surface area contributed by atoms with Gasteiger partial charge in [-0.1, -0.05) is 0 Å². The smallest absolute Gasteiger partial charge is 0.242 e. The number of ether oxygens (including phenoxy) is 2. The number of halogens is 2. The second-order valence-corrected chi connectivity index (χ2v) is 6.60. The first-order chi connectivity index (χ1) is 11.6. The number of carbonyl (C=O) groups excluding carboxylic acids is 2. The standard InChI is InChI=1S/C16H28N4O4.2ClH/c1-13-15(17-2-9-24-13)16(22)20-5-3-18(4-6-20)12-14(21)19-7-10-23-11-8-19;;/h13,15,17H,2-12H2,1H3;2*1H/t13-,15+;;/m1../s1. The van der Waals surface area contributed by atoms with Crippen LogP contribution in [0.25, 0.3) is 0 Å².